The van der Waals surface area contributed by atoms with Gasteiger partial charge in [0.25, 0.3) is 0 Å². The number of sulfone groups is 1. The molecular formula is C19H32IN5O2S. The van der Waals surface area contributed by atoms with Crippen LogP contribution in [0.15, 0.2) is 11.2 Å². The Labute approximate surface area is 185 Å². The number of aliphatic imine (C=N–C) groups is 1. The number of nitrogens with one attached hydrogen (secondary N) is 2. The van der Waals surface area contributed by atoms with E-state index < -0.39 is 9.84 Å². The molecule has 1 aromatic heterocycles. The minimum atomic E-state index is -2.84. The molecule has 1 saturated carbocycles. The van der Waals surface area contributed by atoms with Crippen molar-refractivity contribution in [1.29, 1.82) is 0 Å². The van der Waals surface area contributed by atoms with E-state index in [0.717, 1.165) is 31.6 Å². The van der Waals surface area contributed by atoms with Crippen LogP contribution in [0, 0.1) is 5.92 Å². The van der Waals surface area contributed by atoms with Crippen molar-refractivity contribution >= 4 is 39.8 Å². The van der Waals surface area contributed by atoms with E-state index in [1.807, 2.05) is 0 Å². The predicted octanol–water partition coefficient (Wildman–Crippen LogP) is 2.07. The average Bonchev–Trinajstić information content (AvgIpc) is 3.20. The van der Waals surface area contributed by atoms with Crippen LogP contribution < -0.4 is 10.6 Å². The SMILES string of the molecule is CC(C)n1cc2c(n1)CC(NC(=NCC1CCS(=O)(=O)C1)NC1CC1)CC2.I. The molecule has 0 amide bonds. The predicted molar refractivity (Wildman–Crippen MR) is 122 cm³/mol. The first kappa shape index (κ1) is 21.9. The lowest BCUT2D eigenvalue weighted by Crippen LogP contribution is -2.46. The Morgan fingerprint density at radius 1 is 1.25 bits per heavy atom. The second-order valence-electron chi connectivity index (χ2n) is 8.64. The molecule has 1 saturated heterocycles. The summed E-state index contributed by atoms with van der Waals surface area (Å²) in [7, 11) is -2.84. The highest BCUT2D eigenvalue weighted by atomic mass is 127. The molecule has 158 valence electrons. The lowest BCUT2D eigenvalue weighted by Gasteiger charge is -2.25. The fourth-order valence-electron chi connectivity index (χ4n) is 3.88. The molecule has 2 unspecified atom stereocenters. The molecule has 3 aliphatic rings. The van der Waals surface area contributed by atoms with Crippen LogP contribution in [0.1, 0.15) is 56.8 Å². The molecule has 0 bridgehead atoms. The standard InChI is InChI=1S/C19H31N5O2S.HI/c1-13(2)24-11-15-3-4-17(9-18(15)23-24)22-19(21-16-5-6-16)20-10-14-7-8-27(25,26)12-14;/h11,13-14,16-17H,3-10,12H2,1-2H3,(H2,20,21,22);1H. The minimum Gasteiger partial charge on any atom is -0.354 e. The summed E-state index contributed by atoms with van der Waals surface area (Å²) in [5.41, 5.74) is 2.56. The van der Waals surface area contributed by atoms with Gasteiger partial charge in [0.1, 0.15) is 0 Å². The summed E-state index contributed by atoms with van der Waals surface area (Å²) in [6, 6.07) is 1.23. The molecule has 7 nitrogen and oxygen atoms in total. The van der Waals surface area contributed by atoms with Crippen molar-refractivity contribution in [3.63, 3.8) is 0 Å². The number of hydrogen-bond acceptors (Lipinski definition) is 4. The molecule has 28 heavy (non-hydrogen) atoms. The van der Waals surface area contributed by atoms with E-state index in [9.17, 15) is 8.42 Å². The number of guanidine groups is 1. The van der Waals surface area contributed by atoms with Crippen LogP contribution in [-0.4, -0.2) is 54.3 Å². The fourth-order valence-corrected chi connectivity index (χ4v) is 5.73. The Kier molecular flexibility index (Phi) is 6.94. The van der Waals surface area contributed by atoms with Crippen LogP contribution >= 0.6 is 24.0 Å². The highest BCUT2D eigenvalue weighted by Crippen LogP contribution is 2.23. The topological polar surface area (TPSA) is 88.4 Å². The Morgan fingerprint density at radius 3 is 2.64 bits per heavy atom. The summed E-state index contributed by atoms with van der Waals surface area (Å²) in [5, 5.41) is 11.8. The van der Waals surface area contributed by atoms with Crippen LogP contribution in [0.5, 0.6) is 0 Å². The van der Waals surface area contributed by atoms with Crippen LogP contribution in [0.2, 0.25) is 0 Å². The highest BCUT2D eigenvalue weighted by Gasteiger charge is 2.29. The summed E-state index contributed by atoms with van der Waals surface area (Å²) < 4.78 is 25.4. The Bertz CT molecular complexity index is 816. The third kappa shape index (κ3) is 5.61. The van der Waals surface area contributed by atoms with Crippen molar-refractivity contribution in [2.75, 3.05) is 18.1 Å². The number of nitrogens with zero attached hydrogens (tertiary/aromatic N) is 3. The summed E-state index contributed by atoms with van der Waals surface area (Å²) >= 11 is 0. The van der Waals surface area contributed by atoms with Crippen LogP contribution in [0.3, 0.4) is 0 Å². The summed E-state index contributed by atoms with van der Waals surface area (Å²) in [6.07, 6.45) is 8.32. The van der Waals surface area contributed by atoms with E-state index in [2.05, 4.69) is 35.4 Å². The lowest BCUT2D eigenvalue weighted by atomic mass is 9.94. The second kappa shape index (κ2) is 8.89. The van der Waals surface area contributed by atoms with Crippen LogP contribution in [0.4, 0.5) is 0 Å². The molecule has 0 spiro atoms. The van der Waals surface area contributed by atoms with Gasteiger partial charge >= 0.3 is 0 Å². The lowest BCUT2D eigenvalue weighted by molar-refractivity contribution is 0.497. The number of rotatable bonds is 5. The van der Waals surface area contributed by atoms with Gasteiger partial charge in [0.2, 0.25) is 0 Å². The first-order chi connectivity index (χ1) is 12.9. The second-order valence-corrected chi connectivity index (χ2v) is 10.9. The van der Waals surface area contributed by atoms with Crippen molar-refractivity contribution < 1.29 is 8.42 Å². The molecule has 0 aromatic carbocycles. The molecule has 2 heterocycles. The average molecular weight is 521 g/mol. The van der Waals surface area contributed by atoms with Gasteiger partial charge in [0, 0.05) is 37.3 Å². The molecular weight excluding hydrogens is 489 g/mol. The number of fused-ring (bicyclic) bond motifs is 1. The zero-order valence-corrected chi connectivity index (χ0v) is 19.9. The molecule has 0 radical (unpaired) electrons. The van der Waals surface area contributed by atoms with Gasteiger partial charge in [-0.3, -0.25) is 9.67 Å². The zero-order chi connectivity index (χ0) is 19.0. The number of hydrogen-bond donors (Lipinski definition) is 2. The van der Waals surface area contributed by atoms with Crippen molar-refractivity contribution in [2.24, 2.45) is 10.9 Å². The van der Waals surface area contributed by atoms with Crippen LogP contribution in [-0.2, 0) is 22.7 Å². The third-order valence-corrected chi connectivity index (χ3v) is 7.56. The van der Waals surface area contributed by atoms with Gasteiger partial charge in [-0.05, 0) is 57.4 Å². The van der Waals surface area contributed by atoms with E-state index in [-0.39, 0.29) is 35.6 Å². The summed E-state index contributed by atoms with van der Waals surface area (Å²) in [6.45, 7) is 4.89. The van der Waals surface area contributed by atoms with Crippen molar-refractivity contribution in [3.8, 4) is 0 Å². The van der Waals surface area contributed by atoms with E-state index in [1.54, 1.807) is 0 Å². The van der Waals surface area contributed by atoms with Crippen molar-refractivity contribution in [2.45, 2.75) is 70.5 Å². The van der Waals surface area contributed by atoms with Gasteiger partial charge in [-0.2, -0.15) is 5.10 Å². The van der Waals surface area contributed by atoms with E-state index >= 15 is 0 Å². The van der Waals surface area contributed by atoms with Gasteiger partial charge in [0.15, 0.2) is 15.8 Å². The van der Waals surface area contributed by atoms with Gasteiger partial charge in [0.05, 0.1) is 17.2 Å². The first-order valence-corrected chi connectivity index (χ1v) is 12.0. The Hall–Kier alpha value is -0.840. The monoisotopic (exact) mass is 521 g/mol. The van der Waals surface area contributed by atoms with Gasteiger partial charge in [-0.15, -0.1) is 24.0 Å². The molecule has 2 N–H and O–H groups in total. The van der Waals surface area contributed by atoms with E-state index in [1.165, 1.54) is 24.1 Å². The quantitative estimate of drug-likeness (QED) is 0.352. The minimum absolute atomic E-state index is 0. The van der Waals surface area contributed by atoms with Gasteiger partial charge in [-0.1, -0.05) is 0 Å². The van der Waals surface area contributed by atoms with Crippen molar-refractivity contribution in [3.05, 3.63) is 17.5 Å². The summed E-state index contributed by atoms with van der Waals surface area (Å²) in [4.78, 5) is 4.74. The van der Waals surface area contributed by atoms with E-state index in [4.69, 9.17) is 10.1 Å². The largest absolute Gasteiger partial charge is 0.354 e. The van der Waals surface area contributed by atoms with Crippen molar-refractivity contribution in [1.82, 2.24) is 20.4 Å². The van der Waals surface area contributed by atoms with Crippen LogP contribution in [0.25, 0.3) is 0 Å². The maximum atomic E-state index is 11.7. The maximum Gasteiger partial charge on any atom is 0.191 e. The molecule has 2 fully saturated rings. The third-order valence-electron chi connectivity index (χ3n) is 5.72. The maximum absolute atomic E-state index is 11.7. The van der Waals surface area contributed by atoms with Gasteiger partial charge < -0.3 is 10.6 Å². The van der Waals surface area contributed by atoms with Gasteiger partial charge in [-0.25, -0.2) is 8.42 Å². The molecule has 1 aromatic rings. The molecule has 1 aliphatic heterocycles. The first-order valence-electron chi connectivity index (χ1n) is 10.2. The zero-order valence-electron chi connectivity index (χ0n) is 16.7. The smallest absolute Gasteiger partial charge is 0.191 e. The summed E-state index contributed by atoms with van der Waals surface area (Å²) in [5.74, 6) is 1.61. The molecule has 2 aliphatic carbocycles. The number of halogens is 1. The molecule has 2 atom stereocenters. The van der Waals surface area contributed by atoms with E-state index in [0.29, 0.717) is 30.4 Å². The number of aromatic nitrogens is 2. The Balaban J connectivity index is 0.00000225. The molecule has 4 rings (SSSR count). The normalized spacial score (nSPS) is 26.6. The Morgan fingerprint density at radius 2 is 2.00 bits per heavy atom. The fraction of sp³-hybridized carbons (Fsp3) is 0.789. The number of aryl methyl sites for hydroxylation is 1. The molecule has 9 heteroatoms. The highest BCUT2D eigenvalue weighted by molar-refractivity contribution is 14.0.